The Kier molecular flexibility index (Phi) is 6.26. The lowest BCUT2D eigenvalue weighted by Crippen LogP contribution is -2.56. The monoisotopic (exact) mass is 433 g/mol. The number of aromatic nitrogens is 3. The van der Waals surface area contributed by atoms with Crippen molar-refractivity contribution in [3.8, 4) is 5.69 Å². The third kappa shape index (κ3) is 4.73. The molecule has 1 saturated carbocycles. The van der Waals surface area contributed by atoms with E-state index < -0.39 is 35.5 Å². The zero-order chi connectivity index (χ0) is 22.0. The van der Waals surface area contributed by atoms with Crippen LogP contribution in [0.2, 0.25) is 0 Å². The molecule has 2 unspecified atom stereocenters. The lowest BCUT2D eigenvalue weighted by Gasteiger charge is -2.42. The van der Waals surface area contributed by atoms with Crippen molar-refractivity contribution in [2.75, 3.05) is 13.1 Å². The van der Waals surface area contributed by atoms with E-state index in [0.717, 1.165) is 30.1 Å². The van der Waals surface area contributed by atoms with Crippen molar-refractivity contribution in [2.24, 2.45) is 5.92 Å². The van der Waals surface area contributed by atoms with Crippen LogP contribution in [0, 0.1) is 17.6 Å². The van der Waals surface area contributed by atoms with Gasteiger partial charge in [-0.15, -0.1) is 5.10 Å². The molecule has 2 N–H and O–H groups in total. The van der Waals surface area contributed by atoms with Crippen molar-refractivity contribution < 1.29 is 23.5 Å². The number of hydrogen-bond donors (Lipinski definition) is 2. The fourth-order valence-corrected chi connectivity index (χ4v) is 4.57. The number of likely N-dealkylation sites (tertiary alicyclic amines) is 1. The second kappa shape index (κ2) is 9.09. The summed E-state index contributed by atoms with van der Waals surface area (Å²) in [5, 5.41) is 20.0. The van der Waals surface area contributed by atoms with E-state index >= 15 is 0 Å². The fourth-order valence-electron chi connectivity index (χ4n) is 4.57. The summed E-state index contributed by atoms with van der Waals surface area (Å²) in [5.41, 5.74) is -0.111. The second-order valence-electron chi connectivity index (χ2n) is 8.24. The van der Waals surface area contributed by atoms with Gasteiger partial charge in [-0.3, -0.25) is 14.5 Å². The van der Waals surface area contributed by atoms with E-state index in [2.05, 4.69) is 20.5 Å². The number of aliphatic carboxylic acids is 1. The maximum absolute atomic E-state index is 14.0. The van der Waals surface area contributed by atoms with Crippen molar-refractivity contribution >= 4 is 11.9 Å². The minimum Gasteiger partial charge on any atom is -0.481 e. The molecule has 166 valence electrons. The van der Waals surface area contributed by atoms with E-state index in [1.54, 1.807) is 0 Å². The molecule has 8 nitrogen and oxygen atoms in total. The predicted molar refractivity (Wildman–Crippen MR) is 107 cm³/mol. The zero-order valence-corrected chi connectivity index (χ0v) is 17.0. The third-order valence-electron chi connectivity index (χ3n) is 6.25. The molecule has 0 radical (unpaired) electrons. The molecule has 1 aromatic carbocycles. The van der Waals surface area contributed by atoms with Crippen molar-refractivity contribution in [3.05, 3.63) is 41.7 Å². The Hall–Kier alpha value is -2.88. The summed E-state index contributed by atoms with van der Waals surface area (Å²) in [6, 6.07) is 2.88. The first-order valence-corrected chi connectivity index (χ1v) is 10.6. The Balaban J connectivity index is 1.43. The average Bonchev–Trinajstić information content (AvgIpc) is 3.24. The second-order valence-corrected chi connectivity index (χ2v) is 8.24. The largest absolute Gasteiger partial charge is 0.481 e. The summed E-state index contributed by atoms with van der Waals surface area (Å²) in [4.78, 5) is 26.8. The summed E-state index contributed by atoms with van der Waals surface area (Å²) in [7, 11) is 0. The molecule has 31 heavy (non-hydrogen) atoms. The van der Waals surface area contributed by atoms with Gasteiger partial charge >= 0.3 is 5.97 Å². The van der Waals surface area contributed by atoms with Gasteiger partial charge in [-0.2, -0.15) is 0 Å². The molecular formula is C21H25F2N5O3. The SMILES string of the molecule is O=C(NC1CCN(C2CCCCC2)CC1C(=O)O)c1cn(-c2ccc(F)cc2F)nn1. The van der Waals surface area contributed by atoms with Crippen LogP contribution in [0.5, 0.6) is 0 Å². The molecule has 2 fully saturated rings. The van der Waals surface area contributed by atoms with Gasteiger partial charge in [0.15, 0.2) is 11.5 Å². The summed E-state index contributed by atoms with van der Waals surface area (Å²) in [6.45, 7) is 1.13. The normalized spacial score (nSPS) is 22.9. The van der Waals surface area contributed by atoms with Crippen LogP contribution >= 0.6 is 0 Å². The molecule has 1 amide bonds. The molecule has 2 aliphatic rings. The molecular weight excluding hydrogens is 408 g/mol. The standard InChI is InChI=1S/C21H25F2N5O3/c22-13-6-7-19(16(23)10-13)28-12-18(25-26-28)20(29)24-17-8-9-27(11-15(17)21(30)31)14-4-2-1-3-5-14/h6-7,10,12,14-15,17H,1-5,8-9,11H2,(H,24,29)(H,30,31). The summed E-state index contributed by atoms with van der Waals surface area (Å²) in [6.07, 6.45) is 7.51. The zero-order valence-electron chi connectivity index (χ0n) is 17.0. The van der Waals surface area contributed by atoms with Crippen LogP contribution in [0.25, 0.3) is 5.69 Å². The molecule has 0 spiro atoms. The van der Waals surface area contributed by atoms with Crippen molar-refractivity contribution in [2.45, 2.75) is 50.6 Å². The first-order chi connectivity index (χ1) is 14.9. The maximum Gasteiger partial charge on any atom is 0.309 e. The van der Waals surface area contributed by atoms with Crippen LogP contribution in [0.4, 0.5) is 8.78 Å². The Morgan fingerprint density at radius 3 is 2.61 bits per heavy atom. The molecule has 1 saturated heterocycles. The summed E-state index contributed by atoms with van der Waals surface area (Å²) in [5.74, 6) is -3.79. The van der Waals surface area contributed by atoms with Gasteiger partial charge in [-0.05, 0) is 31.4 Å². The number of nitrogens with zero attached hydrogens (tertiary/aromatic N) is 4. The lowest BCUT2D eigenvalue weighted by atomic mass is 9.87. The van der Waals surface area contributed by atoms with E-state index in [1.807, 2.05) is 0 Å². The quantitative estimate of drug-likeness (QED) is 0.751. The molecule has 4 rings (SSSR count). The topological polar surface area (TPSA) is 100 Å². The number of amides is 1. The van der Waals surface area contributed by atoms with Crippen molar-refractivity contribution in [1.82, 2.24) is 25.2 Å². The molecule has 2 aromatic rings. The molecule has 2 atom stereocenters. The highest BCUT2D eigenvalue weighted by Gasteiger charge is 2.38. The molecule has 2 heterocycles. The van der Waals surface area contributed by atoms with Gasteiger partial charge < -0.3 is 10.4 Å². The average molecular weight is 433 g/mol. The van der Waals surface area contributed by atoms with E-state index in [-0.39, 0.29) is 11.4 Å². The van der Waals surface area contributed by atoms with Crippen LogP contribution in [0.15, 0.2) is 24.4 Å². The van der Waals surface area contributed by atoms with Gasteiger partial charge in [0.05, 0.1) is 12.1 Å². The van der Waals surface area contributed by atoms with Gasteiger partial charge in [0, 0.05) is 31.2 Å². The van der Waals surface area contributed by atoms with Gasteiger partial charge in [0.25, 0.3) is 5.91 Å². The van der Waals surface area contributed by atoms with Gasteiger partial charge in [0.1, 0.15) is 11.5 Å². The van der Waals surface area contributed by atoms with E-state index in [1.165, 1.54) is 31.5 Å². The predicted octanol–water partition coefficient (Wildman–Crippen LogP) is 2.38. The number of carbonyl (C=O) groups is 2. The first-order valence-electron chi connectivity index (χ1n) is 10.6. The summed E-state index contributed by atoms with van der Waals surface area (Å²) >= 11 is 0. The molecule has 1 aliphatic heterocycles. The maximum atomic E-state index is 14.0. The van der Waals surface area contributed by atoms with E-state index in [0.29, 0.717) is 25.1 Å². The Morgan fingerprint density at radius 1 is 1.13 bits per heavy atom. The van der Waals surface area contributed by atoms with Crippen LogP contribution in [-0.2, 0) is 4.79 Å². The lowest BCUT2D eigenvalue weighted by molar-refractivity contribution is -0.145. The minimum atomic E-state index is -0.942. The number of piperidine rings is 1. The van der Waals surface area contributed by atoms with E-state index in [4.69, 9.17) is 0 Å². The number of benzene rings is 1. The highest BCUT2D eigenvalue weighted by molar-refractivity contribution is 5.92. The highest BCUT2D eigenvalue weighted by atomic mass is 19.1. The number of halogens is 2. The highest BCUT2D eigenvalue weighted by Crippen LogP contribution is 2.27. The first kappa shape index (κ1) is 21.4. The number of rotatable bonds is 5. The van der Waals surface area contributed by atoms with Crippen molar-refractivity contribution in [1.29, 1.82) is 0 Å². The van der Waals surface area contributed by atoms with Gasteiger partial charge in [-0.1, -0.05) is 24.5 Å². The Morgan fingerprint density at radius 2 is 1.90 bits per heavy atom. The van der Waals surface area contributed by atoms with Gasteiger partial charge in [-0.25, -0.2) is 13.5 Å². The smallest absolute Gasteiger partial charge is 0.309 e. The molecule has 0 bridgehead atoms. The Labute approximate surface area is 178 Å². The van der Waals surface area contributed by atoms with Crippen LogP contribution in [0.1, 0.15) is 49.0 Å². The van der Waals surface area contributed by atoms with Crippen LogP contribution in [0.3, 0.4) is 0 Å². The number of carboxylic acid groups (broad SMARTS) is 1. The number of carboxylic acids is 1. The van der Waals surface area contributed by atoms with Crippen LogP contribution < -0.4 is 5.32 Å². The van der Waals surface area contributed by atoms with Crippen LogP contribution in [-0.4, -0.2) is 62.0 Å². The molecule has 10 heteroatoms. The van der Waals surface area contributed by atoms with E-state index in [9.17, 15) is 23.5 Å². The minimum absolute atomic E-state index is 0.0443. The summed E-state index contributed by atoms with van der Waals surface area (Å²) < 4.78 is 28.1. The molecule has 1 aliphatic carbocycles. The fraction of sp³-hybridized carbons (Fsp3) is 0.524. The van der Waals surface area contributed by atoms with Crippen molar-refractivity contribution in [3.63, 3.8) is 0 Å². The number of nitrogens with one attached hydrogen (secondary N) is 1. The number of carbonyl (C=O) groups excluding carboxylic acids is 1. The van der Waals surface area contributed by atoms with Gasteiger partial charge in [0.2, 0.25) is 0 Å². The Bertz CT molecular complexity index is 960. The number of hydrogen-bond acceptors (Lipinski definition) is 5. The molecule has 1 aromatic heterocycles. The third-order valence-corrected chi connectivity index (χ3v) is 6.25.